The minimum Gasteiger partial charge on any atom is -0.480 e. The van der Waals surface area contributed by atoms with Crippen molar-refractivity contribution in [1.29, 1.82) is 0 Å². The Labute approximate surface area is 96.6 Å². The van der Waals surface area contributed by atoms with Gasteiger partial charge in [0.05, 0.1) is 0 Å². The van der Waals surface area contributed by atoms with Crippen LogP contribution in [-0.4, -0.2) is 34.5 Å². The van der Waals surface area contributed by atoms with Gasteiger partial charge in [-0.15, -0.1) is 0 Å². The number of carbonyl (C=O) groups excluding carboxylic acids is 1. The van der Waals surface area contributed by atoms with Crippen molar-refractivity contribution in [1.82, 2.24) is 4.90 Å². The number of carboxylic acids is 1. The fourth-order valence-electron chi connectivity index (χ4n) is 1.62. The van der Waals surface area contributed by atoms with Crippen LogP contribution in [-0.2, 0) is 9.59 Å². The van der Waals surface area contributed by atoms with Crippen LogP contribution >= 0.6 is 0 Å². The molecule has 0 bridgehead atoms. The van der Waals surface area contributed by atoms with Crippen LogP contribution < -0.4 is 0 Å². The molecule has 0 saturated heterocycles. The molecule has 0 radical (unpaired) electrons. The lowest BCUT2D eigenvalue weighted by Gasteiger charge is -2.29. The molecule has 0 aromatic heterocycles. The van der Waals surface area contributed by atoms with Crippen molar-refractivity contribution in [2.75, 3.05) is 6.54 Å². The molecule has 0 atom stereocenters. The second-order valence-electron chi connectivity index (χ2n) is 5.01. The van der Waals surface area contributed by atoms with Gasteiger partial charge in [0, 0.05) is 12.6 Å². The summed E-state index contributed by atoms with van der Waals surface area (Å²) in [7, 11) is 0. The van der Waals surface area contributed by atoms with E-state index in [0.717, 1.165) is 25.7 Å². The minimum absolute atomic E-state index is 0.240. The van der Waals surface area contributed by atoms with Gasteiger partial charge in [0.2, 0.25) is 5.91 Å². The van der Waals surface area contributed by atoms with Crippen LogP contribution in [0.4, 0.5) is 0 Å². The molecule has 1 rings (SSSR count). The van der Waals surface area contributed by atoms with Crippen LogP contribution in [0, 0.1) is 5.41 Å². The van der Waals surface area contributed by atoms with Crippen molar-refractivity contribution < 1.29 is 14.7 Å². The van der Waals surface area contributed by atoms with Crippen molar-refractivity contribution in [2.24, 2.45) is 5.41 Å². The first-order valence-corrected chi connectivity index (χ1v) is 5.95. The molecule has 1 saturated carbocycles. The third-order valence-electron chi connectivity index (χ3n) is 3.07. The highest BCUT2D eigenvalue weighted by molar-refractivity contribution is 6.01. The number of aliphatic carboxylic acids is 1. The monoisotopic (exact) mass is 227 g/mol. The van der Waals surface area contributed by atoms with Crippen molar-refractivity contribution >= 4 is 11.9 Å². The zero-order valence-corrected chi connectivity index (χ0v) is 10.3. The summed E-state index contributed by atoms with van der Waals surface area (Å²) in [6, 6.07) is 0.290. The van der Waals surface area contributed by atoms with Crippen LogP contribution in [0.1, 0.15) is 46.5 Å². The molecule has 92 valence electrons. The molecule has 16 heavy (non-hydrogen) atoms. The van der Waals surface area contributed by atoms with Gasteiger partial charge in [0.25, 0.3) is 0 Å². The summed E-state index contributed by atoms with van der Waals surface area (Å²) in [4.78, 5) is 24.9. The minimum atomic E-state index is -1.30. The van der Waals surface area contributed by atoms with Gasteiger partial charge in [-0.05, 0) is 33.1 Å². The van der Waals surface area contributed by atoms with Crippen LogP contribution in [0.15, 0.2) is 0 Å². The maximum Gasteiger partial charge on any atom is 0.318 e. The van der Waals surface area contributed by atoms with E-state index in [2.05, 4.69) is 6.92 Å². The molecule has 0 heterocycles. The molecule has 4 heteroatoms. The number of hydrogen-bond acceptors (Lipinski definition) is 2. The number of rotatable bonds is 6. The van der Waals surface area contributed by atoms with Crippen molar-refractivity contribution in [2.45, 2.75) is 52.5 Å². The first-order valence-electron chi connectivity index (χ1n) is 5.95. The van der Waals surface area contributed by atoms with Crippen LogP contribution in [0.2, 0.25) is 0 Å². The predicted octanol–water partition coefficient (Wildman–Crippen LogP) is 1.89. The average Bonchev–Trinajstić information content (AvgIpc) is 3.01. The van der Waals surface area contributed by atoms with Crippen LogP contribution in [0.3, 0.4) is 0 Å². The van der Waals surface area contributed by atoms with Crippen molar-refractivity contribution in [3.63, 3.8) is 0 Å². The fourth-order valence-corrected chi connectivity index (χ4v) is 1.62. The highest BCUT2D eigenvalue weighted by Crippen LogP contribution is 2.31. The Hall–Kier alpha value is -1.06. The Morgan fingerprint density at radius 1 is 1.38 bits per heavy atom. The third kappa shape index (κ3) is 2.74. The molecule has 0 aromatic carbocycles. The second-order valence-corrected chi connectivity index (χ2v) is 5.01. The van der Waals surface area contributed by atoms with E-state index in [1.54, 1.807) is 4.90 Å². The van der Waals surface area contributed by atoms with Gasteiger partial charge in [0.1, 0.15) is 5.41 Å². The van der Waals surface area contributed by atoms with E-state index < -0.39 is 11.4 Å². The summed E-state index contributed by atoms with van der Waals surface area (Å²) >= 11 is 0. The Morgan fingerprint density at radius 2 is 1.94 bits per heavy atom. The summed E-state index contributed by atoms with van der Waals surface area (Å²) in [6.07, 6.45) is 4.00. The number of unbranched alkanes of at least 4 members (excludes halogenated alkanes) is 1. The first-order chi connectivity index (χ1) is 7.41. The Kier molecular flexibility index (Phi) is 3.94. The molecular formula is C12H21NO3. The molecule has 1 amide bonds. The Bertz CT molecular complexity index is 282. The van der Waals surface area contributed by atoms with Gasteiger partial charge in [-0.1, -0.05) is 13.3 Å². The lowest BCUT2D eigenvalue weighted by molar-refractivity contribution is -0.158. The van der Waals surface area contributed by atoms with Gasteiger partial charge < -0.3 is 10.0 Å². The van der Waals surface area contributed by atoms with Crippen LogP contribution in [0.25, 0.3) is 0 Å². The zero-order valence-electron chi connectivity index (χ0n) is 10.3. The number of amides is 1. The van der Waals surface area contributed by atoms with Gasteiger partial charge >= 0.3 is 5.97 Å². The summed E-state index contributed by atoms with van der Waals surface area (Å²) in [6.45, 7) is 5.73. The van der Waals surface area contributed by atoms with Gasteiger partial charge in [-0.25, -0.2) is 0 Å². The van der Waals surface area contributed by atoms with Gasteiger partial charge in [-0.3, -0.25) is 9.59 Å². The van der Waals surface area contributed by atoms with Crippen molar-refractivity contribution in [3.8, 4) is 0 Å². The summed E-state index contributed by atoms with van der Waals surface area (Å²) in [5.74, 6) is -1.28. The number of carboxylic acid groups (broad SMARTS) is 1. The topological polar surface area (TPSA) is 57.6 Å². The second kappa shape index (κ2) is 4.85. The molecular weight excluding hydrogens is 206 g/mol. The molecule has 1 aliphatic carbocycles. The highest BCUT2D eigenvalue weighted by Gasteiger charge is 2.43. The maximum absolute atomic E-state index is 12.1. The van der Waals surface area contributed by atoms with E-state index in [-0.39, 0.29) is 11.9 Å². The zero-order chi connectivity index (χ0) is 12.3. The number of hydrogen-bond donors (Lipinski definition) is 1. The summed E-state index contributed by atoms with van der Waals surface area (Å²) < 4.78 is 0. The molecule has 0 aliphatic heterocycles. The predicted molar refractivity (Wildman–Crippen MR) is 61.1 cm³/mol. The van der Waals surface area contributed by atoms with Crippen molar-refractivity contribution in [3.05, 3.63) is 0 Å². The molecule has 1 fully saturated rings. The quantitative estimate of drug-likeness (QED) is 0.705. The van der Waals surface area contributed by atoms with Gasteiger partial charge in [0.15, 0.2) is 0 Å². The Morgan fingerprint density at radius 3 is 2.31 bits per heavy atom. The SMILES string of the molecule is CCCCN(C(=O)C(C)(C)C(=O)O)C1CC1. The van der Waals surface area contributed by atoms with E-state index in [0.29, 0.717) is 6.54 Å². The summed E-state index contributed by atoms with van der Waals surface area (Å²) in [5, 5.41) is 9.04. The fraction of sp³-hybridized carbons (Fsp3) is 0.833. The average molecular weight is 227 g/mol. The number of nitrogens with zero attached hydrogens (tertiary/aromatic N) is 1. The Balaban J connectivity index is 2.70. The normalized spacial score (nSPS) is 15.9. The largest absolute Gasteiger partial charge is 0.480 e. The first kappa shape index (κ1) is 13.0. The summed E-state index contributed by atoms with van der Waals surface area (Å²) in [5.41, 5.74) is -1.30. The van der Waals surface area contributed by atoms with Crippen LogP contribution in [0.5, 0.6) is 0 Å². The molecule has 0 spiro atoms. The molecule has 0 unspecified atom stereocenters. The molecule has 1 aliphatic rings. The van der Waals surface area contributed by atoms with E-state index in [9.17, 15) is 9.59 Å². The standard InChI is InChI=1S/C12H21NO3/c1-4-5-8-13(9-6-7-9)10(14)12(2,3)11(15)16/h9H,4-8H2,1-3H3,(H,15,16). The molecule has 4 nitrogen and oxygen atoms in total. The lowest BCUT2D eigenvalue weighted by Crippen LogP contribution is -2.46. The lowest BCUT2D eigenvalue weighted by atomic mass is 9.91. The highest BCUT2D eigenvalue weighted by atomic mass is 16.4. The van der Waals surface area contributed by atoms with E-state index in [1.165, 1.54) is 13.8 Å². The van der Waals surface area contributed by atoms with Gasteiger partial charge in [-0.2, -0.15) is 0 Å². The van der Waals surface area contributed by atoms with E-state index in [4.69, 9.17) is 5.11 Å². The number of carbonyl (C=O) groups is 2. The maximum atomic E-state index is 12.1. The van der Waals surface area contributed by atoms with E-state index in [1.807, 2.05) is 0 Å². The molecule has 0 aromatic rings. The smallest absolute Gasteiger partial charge is 0.318 e. The third-order valence-corrected chi connectivity index (χ3v) is 3.07. The molecule has 1 N–H and O–H groups in total. The van der Waals surface area contributed by atoms with E-state index >= 15 is 0 Å².